The van der Waals surface area contributed by atoms with Gasteiger partial charge in [-0.15, -0.1) is 5.10 Å². The van der Waals surface area contributed by atoms with E-state index >= 15 is 0 Å². The molecule has 3 rings (SSSR count). The van der Waals surface area contributed by atoms with Crippen LogP contribution in [-0.2, 0) is 5.41 Å². The molecule has 0 fully saturated rings. The summed E-state index contributed by atoms with van der Waals surface area (Å²) in [5.41, 5.74) is 3.04. The van der Waals surface area contributed by atoms with Crippen LogP contribution in [0, 0.1) is 0 Å². The lowest BCUT2D eigenvalue weighted by molar-refractivity contribution is 0.101. The van der Waals surface area contributed by atoms with Gasteiger partial charge in [0.2, 0.25) is 0 Å². The molecule has 0 aliphatic rings. The third-order valence-corrected chi connectivity index (χ3v) is 4.73. The van der Waals surface area contributed by atoms with Crippen LogP contribution in [0.2, 0.25) is 0 Å². The van der Waals surface area contributed by atoms with Gasteiger partial charge in [0.15, 0.2) is 5.69 Å². The Morgan fingerprint density at radius 3 is 2.34 bits per heavy atom. The number of anilines is 1. The number of nitrogens with one attached hydrogen (secondary N) is 1. The predicted molar refractivity (Wildman–Crippen MR) is 114 cm³/mol. The summed E-state index contributed by atoms with van der Waals surface area (Å²) in [6.45, 7) is 5.35. The van der Waals surface area contributed by atoms with Crippen LogP contribution in [0.4, 0.5) is 5.69 Å². The number of benzene rings is 2. The predicted octanol–water partition coefficient (Wildman–Crippen LogP) is 3.37. The minimum absolute atomic E-state index is 0.0168. The van der Waals surface area contributed by atoms with Crippen LogP contribution < -0.4 is 10.1 Å². The summed E-state index contributed by atoms with van der Waals surface area (Å²) in [7, 11) is 5.74. The molecule has 0 aliphatic heterocycles. The molecule has 3 aromatic rings. The summed E-state index contributed by atoms with van der Waals surface area (Å²) < 4.78 is 6.67. The average molecular weight is 393 g/mol. The van der Waals surface area contributed by atoms with Gasteiger partial charge in [-0.2, -0.15) is 0 Å². The Labute approximate surface area is 171 Å². The summed E-state index contributed by atoms with van der Waals surface area (Å²) in [4.78, 5) is 14.9. The van der Waals surface area contributed by atoms with Gasteiger partial charge in [-0.05, 0) is 56.1 Å². The third kappa shape index (κ3) is 4.81. The highest BCUT2D eigenvalue weighted by atomic mass is 16.5. The van der Waals surface area contributed by atoms with Crippen LogP contribution in [0.25, 0.3) is 5.69 Å². The van der Waals surface area contributed by atoms with E-state index in [-0.39, 0.29) is 11.3 Å². The summed E-state index contributed by atoms with van der Waals surface area (Å²) in [6, 6.07) is 15.2. The topological polar surface area (TPSA) is 72.3 Å². The van der Waals surface area contributed by atoms with Crippen molar-refractivity contribution in [2.75, 3.05) is 33.1 Å². The number of methoxy groups -OCH3 is 1. The Kier molecular flexibility index (Phi) is 5.98. The number of hydrogen-bond donors (Lipinski definition) is 1. The van der Waals surface area contributed by atoms with Gasteiger partial charge in [-0.1, -0.05) is 31.2 Å². The SMILES string of the molecule is COc1ccc(-n2nncc2C(=O)Nc2ccc(C(C)(C)CN(C)C)cc2)cc1. The second-order valence-corrected chi connectivity index (χ2v) is 7.88. The first-order valence-corrected chi connectivity index (χ1v) is 9.42. The summed E-state index contributed by atoms with van der Waals surface area (Å²) in [6.07, 6.45) is 1.45. The van der Waals surface area contributed by atoms with Crippen molar-refractivity contribution in [2.24, 2.45) is 0 Å². The molecular formula is C22H27N5O2. The van der Waals surface area contributed by atoms with E-state index in [0.717, 1.165) is 23.7 Å². The summed E-state index contributed by atoms with van der Waals surface area (Å²) in [5, 5.41) is 10.9. The first-order valence-electron chi connectivity index (χ1n) is 9.42. The molecule has 2 aromatic carbocycles. The minimum Gasteiger partial charge on any atom is -0.497 e. The highest BCUT2D eigenvalue weighted by Crippen LogP contribution is 2.25. The Morgan fingerprint density at radius 2 is 1.76 bits per heavy atom. The Morgan fingerprint density at radius 1 is 1.10 bits per heavy atom. The van der Waals surface area contributed by atoms with Crippen molar-refractivity contribution < 1.29 is 9.53 Å². The maximum absolute atomic E-state index is 12.8. The molecule has 0 spiro atoms. The van der Waals surface area contributed by atoms with Crippen molar-refractivity contribution >= 4 is 11.6 Å². The van der Waals surface area contributed by atoms with Gasteiger partial charge >= 0.3 is 0 Å². The molecule has 0 atom stereocenters. The second-order valence-electron chi connectivity index (χ2n) is 7.88. The van der Waals surface area contributed by atoms with E-state index in [0.29, 0.717) is 5.69 Å². The van der Waals surface area contributed by atoms with E-state index in [1.54, 1.807) is 7.11 Å². The van der Waals surface area contributed by atoms with E-state index in [9.17, 15) is 4.79 Å². The van der Waals surface area contributed by atoms with Crippen LogP contribution in [0.1, 0.15) is 29.9 Å². The first kappa shape index (κ1) is 20.5. The van der Waals surface area contributed by atoms with Crippen molar-refractivity contribution in [2.45, 2.75) is 19.3 Å². The maximum atomic E-state index is 12.8. The number of amides is 1. The fourth-order valence-corrected chi connectivity index (χ4v) is 3.39. The second kappa shape index (κ2) is 8.45. The lowest BCUT2D eigenvalue weighted by Gasteiger charge is -2.29. The van der Waals surface area contributed by atoms with Gasteiger partial charge < -0.3 is 15.0 Å². The van der Waals surface area contributed by atoms with Crippen molar-refractivity contribution in [3.05, 3.63) is 66.0 Å². The molecule has 0 saturated heterocycles. The van der Waals surface area contributed by atoms with Gasteiger partial charge in [-0.25, -0.2) is 4.68 Å². The normalized spacial score (nSPS) is 11.5. The molecule has 1 amide bonds. The molecule has 7 heteroatoms. The minimum atomic E-state index is -0.272. The number of rotatable bonds is 7. The van der Waals surface area contributed by atoms with Gasteiger partial charge in [0.05, 0.1) is 19.0 Å². The van der Waals surface area contributed by atoms with Crippen molar-refractivity contribution in [1.29, 1.82) is 0 Å². The smallest absolute Gasteiger partial charge is 0.276 e. The maximum Gasteiger partial charge on any atom is 0.276 e. The fraction of sp³-hybridized carbons (Fsp3) is 0.318. The molecule has 7 nitrogen and oxygen atoms in total. The van der Waals surface area contributed by atoms with Gasteiger partial charge in [0.1, 0.15) is 5.75 Å². The molecule has 0 aliphatic carbocycles. The molecule has 29 heavy (non-hydrogen) atoms. The average Bonchev–Trinajstić information content (AvgIpc) is 3.17. The lowest BCUT2D eigenvalue weighted by atomic mass is 9.84. The number of hydrogen-bond acceptors (Lipinski definition) is 5. The largest absolute Gasteiger partial charge is 0.497 e. The molecule has 0 radical (unpaired) electrons. The molecule has 1 N–H and O–H groups in total. The van der Waals surface area contributed by atoms with E-state index in [2.05, 4.69) is 60.6 Å². The summed E-state index contributed by atoms with van der Waals surface area (Å²) >= 11 is 0. The molecule has 0 saturated carbocycles. The lowest BCUT2D eigenvalue weighted by Crippen LogP contribution is -2.32. The van der Waals surface area contributed by atoms with E-state index in [4.69, 9.17) is 4.74 Å². The highest BCUT2D eigenvalue weighted by molar-refractivity contribution is 6.03. The monoisotopic (exact) mass is 393 g/mol. The molecule has 1 heterocycles. The Balaban J connectivity index is 1.75. The number of ether oxygens (including phenoxy) is 1. The highest BCUT2D eigenvalue weighted by Gasteiger charge is 2.21. The zero-order valence-electron chi connectivity index (χ0n) is 17.5. The number of carbonyl (C=O) groups excluding carboxylic acids is 1. The van der Waals surface area contributed by atoms with Gasteiger partial charge in [-0.3, -0.25) is 4.79 Å². The first-order chi connectivity index (χ1) is 13.8. The van der Waals surface area contributed by atoms with Gasteiger partial charge in [0.25, 0.3) is 5.91 Å². The number of nitrogens with zero attached hydrogens (tertiary/aromatic N) is 4. The van der Waals surface area contributed by atoms with Crippen LogP contribution in [0.3, 0.4) is 0 Å². The molecule has 152 valence electrons. The fourth-order valence-electron chi connectivity index (χ4n) is 3.39. The van der Waals surface area contributed by atoms with E-state index in [1.807, 2.05) is 36.4 Å². The molecular weight excluding hydrogens is 366 g/mol. The van der Waals surface area contributed by atoms with Crippen LogP contribution in [0.15, 0.2) is 54.7 Å². The zero-order valence-corrected chi connectivity index (χ0v) is 17.5. The standard InChI is InChI=1S/C22H27N5O2/c1-22(2,15-26(3)4)16-6-8-17(9-7-16)24-21(28)20-14-23-25-27(20)18-10-12-19(29-5)13-11-18/h6-14H,15H2,1-5H3,(H,24,28). The Bertz CT molecular complexity index is 960. The van der Waals surface area contributed by atoms with Crippen LogP contribution in [0.5, 0.6) is 5.75 Å². The number of aromatic nitrogens is 3. The molecule has 0 unspecified atom stereocenters. The number of carbonyl (C=O) groups is 1. The van der Waals surface area contributed by atoms with Crippen LogP contribution >= 0.6 is 0 Å². The van der Waals surface area contributed by atoms with Crippen LogP contribution in [-0.4, -0.2) is 53.6 Å². The van der Waals surface area contributed by atoms with E-state index < -0.39 is 0 Å². The summed E-state index contributed by atoms with van der Waals surface area (Å²) in [5.74, 6) is 0.461. The third-order valence-electron chi connectivity index (χ3n) is 4.73. The zero-order chi connectivity index (χ0) is 21.0. The van der Waals surface area contributed by atoms with Gasteiger partial charge in [0, 0.05) is 17.6 Å². The van der Waals surface area contributed by atoms with Crippen molar-refractivity contribution in [3.63, 3.8) is 0 Å². The molecule has 1 aromatic heterocycles. The van der Waals surface area contributed by atoms with Crippen molar-refractivity contribution in [3.8, 4) is 11.4 Å². The Hall–Kier alpha value is -3.19. The van der Waals surface area contributed by atoms with E-state index in [1.165, 1.54) is 16.4 Å². The van der Waals surface area contributed by atoms with Crippen molar-refractivity contribution in [1.82, 2.24) is 19.9 Å². The number of likely N-dealkylation sites (N-methyl/N-ethyl adjacent to an activating group) is 1. The quantitative estimate of drug-likeness (QED) is 0.666. The molecule has 0 bridgehead atoms.